The molecule has 1 aromatic rings. The van der Waals surface area contributed by atoms with Crippen LogP contribution in [0.15, 0.2) is 23.1 Å². The molecule has 0 radical (unpaired) electrons. The molecule has 5 nitrogen and oxygen atoms in total. The lowest BCUT2D eigenvalue weighted by molar-refractivity contribution is -0.127. The van der Waals surface area contributed by atoms with Crippen molar-refractivity contribution in [2.75, 3.05) is 6.54 Å². The van der Waals surface area contributed by atoms with E-state index >= 15 is 0 Å². The fourth-order valence-electron chi connectivity index (χ4n) is 1.30. The quantitative estimate of drug-likeness (QED) is 0.657. The Morgan fingerprint density at radius 1 is 1.55 bits per heavy atom. The number of ether oxygens (including phenoxy) is 1. The predicted molar refractivity (Wildman–Crippen MR) is 76.4 cm³/mol. The highest BCUT2D eigenvalue weighted by molar-refractivity contribution is 8.13. The lowest BCUT2D eigenvalue weighted by Crippen LogP contribution is -2.36. The van der Waals surface area contributed by atoms with Gasteiger partial charge in [0.2, 0.25) is 0 Å². The number of carbonyl (C=O) groups is 1. The second kappa shape index (κ2) is 6.84. The topological polar surface area (TPSA) is 72.5 Å². The van der Waals surface area contributed by atoms with Crippen LogP contribution in [0.3, 0.4) is 0 Å². The Morgan fingerprint density at radius 3 is 2.75 bits per heavy atom. The smallest absolute Gasteiger partial charge is 0.265 e. The summed E-state index contributed by atoms with van der Waals surface area (Å²) in [6.07, 6.45) is 4.07. The lowest BCUT2D eigenvalue weighted by Gasteiger charge is -2.15. The maximum atomic E-state index is 11.6. The zero-order chi connectivity index (χ0) is 15.3. The number of hydrogen-bond acceptors (Lipinski definition) is 4. The van der Waals surface area contributed by atoms with Crippen LogP contribution in [0.2, 0.25) is 5.02 Å². The first-order chi connectivity index (χ1) is 9.25. The maximum absolute atomic E-state index is 11.6. The van der Waals surface area contributed by atoms with Crippen molar-refractivity contribution in [3.05, 3.63) is 23.2 Å². The molecule has 0 aliphatic rings. The second-order valence-corrected chi connectivity index (χ2v) is 6.68. The molecule has 1 unspecified atom stereocenters. The molecule has 1 rings (SSSR count). The third-order valence-electron chi connectivity index (χ3n) is 2.21. The summed E-state index contributed by atoms with van der Waals surface area (Å²) in [5.74, 6) is 1.70. The highest BCUT2D eigenvalue weighted by atomic mass is 35.7. The minimum atomic E-state index is -4.05. The highest BCUT2D eigenvalue weighted by Gasteiger charge is 2.21. The molecule has 0 aromatic heterocycles. The van der Waals surface area contributed by atoms with E-state index in [1.165, 1.54) is 19.1 Å². The number of nitrogens with one attached hydrogen (secondary N) is 1. The van der Waals surface area contributed by atoms with Gasteiger partial charge in [-0.1, -0.05) is 17.5 Å². The summed E-state index contributed by atoms with van der Waals surface area (Å²) in [5, 5.41) is 2.59. The monoisotopic (exact) mass is 335 g/mol. The molecular formula is C12H11Cl2NO4S. The van der Waals surface area contributed by atoms with Gasteiger partial charge < -0.3 is 10.1 Å². The average molecular weight is 336 g/mol. The Bertz CT molecular complexity index is 652. The number of terminal acetylenes is 1. The molecule has 0 bridgehead atoms. The first-order valence-corrected chi connectivity index (χ1v) is 8.06. The van der Waals surface area contributed by atoms with Gasteiger partial charge in [0.1, 0.15) is 10.6 Å². The van der Waals surface area contributed by atoms with Crippen molar-refractivity contribution in [3.8, 4) is 18.1 Å². The average Bonchev–Trinajstić information content (AvgIpc) is 2.36. The van der Waals surface area contributed by atoms with Crippen molar-refractivity contribution in [1.29, 1.82) is 0 Å². The highest BCUT2D eigenvalue weighted by Crippen LogP contribution is 2.30. The maximum Gasteiger partial charge on any atom is 0.265 e. The zero-order valence-electron chi connectivity index (χ0n) is 10.4. The van der Waals surface area contributed by atoms with Crippen LogP contribution in [-0.4, -0.2) is 27.0 Å². The van der Waals surface area contributed by atoms with E-state index in [0.29, 0.717) is 0 Å². The Morgan fingerprint density at radius 2 is 2.20 bits per heavy atom. The van der Waals surface area contributed by atoms with Crippen LogP contribution in [0.1, 0.15) is 6.92 Å². The molecule has 1 N–H and O–H groups in total. The molecule has 1 aromatic carbocycles. The van der Waals surface area contributed by atoms with Crippen LogP contribution in [-0.2, 0) is 13.8 Å². The molecule has 0 saturated carbocycles. The molecular weight excluding hydrogens is 325 g/mol. The van der Waals surface area contributed by atoms with Crippen LogP contribution < -0.4 is 10.1 Å². The van der Waals surface area contributed by atoms with E-state index in [4.69, 9.17) is 33.4 Å². The van der Waals surface area contributed by atoms with Gasteiger partial charge in [0, 0.05) is 15.7 Å². The Balaban J connectivity index is 2.99. The number of carbonyl (C=O) groups excluding carboxylic acids is 1. The van der Waals surface area contributed by atoms with E-state index in [2.05, 4.69) is 11.2 Å². The van der Waals surface area contributed by atoms with Crippen molar-refractivity contribution in [2.45, 2.75) is 17.9 Å². The van der Waals surface area contributed by atoms with Crippen molar-refractivity contribution in [1.82, 2.24) is 5.32 Å². The van der Waals surface area contributed by atoms with E-state index in [0.717, 1.165) is 6.07 Å². The van der Waals surface area contributed by atoms with E-state index in [9.17, 15) is 13.2 Å². The van der Waals surface area contributed by atoms with Gasteiger partial charge in [-0.05, 0) is 25.1 Å². The van der Waals surface area contributed by atoms with Crippen LogP contribution in [0.25, 0.3) is 0 Å². The molecule has 0 spiro atoms. The van der Waals surface area contributed by atoms with E-state index < -0.39 is 21.1 Å². The second-order valence-electron chi connectivity index (χ2n) is 3.71. The molecule has 1 amide bonds. The van der Waals surface area contributed by atoms with Gasteiger partial charge in [0.05, 0.1) is 6.54 Å². The van der Waals surface area contributed by atoms with Crippen molar-refractivity contribution in [3.63, 3.8) is 0 Å². The third-order valence-corrected chi connectivity index (χ3v) is 3.78. The van der Waals surface area contributed by atoms with Crippen LogP contribution in [0.4, 0.5) is 0 Å². The van der Waals surface area contributed by atoms with Crippen molar-refractivity contribution in [2.24, 2.45) is 0 Å². The van der Waals surface area contributed by atoms with Gasteiger partial charge in [-0.15, -0.1) is 6.42 Å². The molecule has 0 aliphatic carbocycles. The van der Waals surface area contributed by atoms with E-state index in [1.54, 1.807) is 0 Å². The first kappa shape index (κ1) is 16.6. The molecule has 20 heavy (non-hydrogen) atoms. The van der Waals surface area contributed by atoms with Crippen molar-refractivity contribution >= 4 is 37.2 Å². The van der Waals surface area contributed by atoms with Gasteiger partial charge in [-0.3, -0.25) is 4.79 Å². The Kier molecular flexibility index (Phi) is 5.69. The summed E-state index contributed by atoms with van der Waals surface area (Å²) >= 11 is 5.71. The first-order valence-electron chi connectivity index (χ1n) is 5.37. The number of halogens is 2. The number of hydrogen-bond donors (Lipinski definition) is 1. The summed E-state index contributed by atoms with van der Waals surface area (Å²) in [7, 11) is 1.24. The zero-order valence-corrected chi connectivity index (χ0v) is 12.7. The molecule has 0 heterocycles. The largest absolute Gasteiger partial charge is 0.479 e. The van der Waals surface area contributed by atoms with Crippen LogP contribution in [0, 0.1) is 12.3 Å². The summed E-state index contributed by atoms with van der Waals surface area (Å²) in [6.45, 7) is 1.50. The number of rotatable bonds is 5. The summed E-state index contributed by atoms with van der Waals surface area (Å²) in [5.41, 5.74) is 0. The summed E-state index contributed by atoms with van der Waals surface area (Å²) < 4.78 is 28.1. The minimum Gasteiger partial charge on any atom is -0.479 e. The molecule has 0 saturated heterocycles. The lowest BCUT2D eigenvalue weighted by atomic mass is 10.3. The van der Waals surface area contributed by atoms with Crippen molar-refractivity contribution < 1.29 is 17.9 Å². The Hall–Kier alpha value is -1.42. The minimum absolute atomic E-state index is 0.0494. The van der Waals surface area contributed by atoms with Gasteiger partial charge in [0.15, 0.2) is 6.10 Å². The summed E-state index contributed by atoms with van der Waals surface area (Å²) in [4.78, 5) is 11.3. The SMILES string of the molecule is C#CCNC(=O)C(C)Oc1ccc(Cl)cc1S(=O)(=O)Cl. The fourth-order valence-corrected chi connectivity index (χ4v) is 2.52. The Labute approximate surface area is 126 Å². The van der Waals surface area contributed by atoms with E-state index in [1.807, 2.05) is 0 Å². The van der Waals surface area contributed by atoms with Gasteiger partial charge >= 0.3 is 0 Å². The molecule has 108 valence electrons. The fraction of sp³-hybridized carbons (Fsp3) is 0.250. The number of benzene rings is 1. The predicted octanol–water partition coefficient (Wildman–Crippen LogP) is 1.78. The molecule has 0 aliphatic heterocycles. The van der Waals surface area contributed by atoms with Crippen LogP contribution >= 0.6 is 22.3 Å². The summed E-state index contributed by atoms with van der Waals surface area (Å²) in [6, 6.07) is 3.89. The molecule has 8 heteroatoms. The number of amides is 1. The van der Waals surface area contributed by atoms with Gasteiger partial charge in [-0.25, -0.2) is 8.42 Å². The molecule has 0 fully saturated rings. The standard InChI is InChI=1S/C12H11Cl2NO4S/c1-3-6-15-12(16)8(2)19-10-5-4-9(13)7-11(10)20(14,17)18/h1,4-5,7-8H,6H2,2H3,(H,15,16). The van der Waals surface area contributed by atoms with Crippen LogP contribution in [0.5, 0.6) is 5.75 Å². The van der Waals surface area contributed by atoms with Gasteiger partial charge in [-0.2, -0.15) is 0 Å². The molecule has 1 atom stereocenters. The van der Waals surface area contributed by atoms with E-state index in [-0.39, 0.29) is 22.2 Å². The normalized spacial score (nSPS) is 12.3. The third kappa shape index (κ3) is 4.60. The van der Waals surface area contributed by atoms with Gasteiger partial charge in [0.25, 0.3) is 15.0 Å².